The van der Waals surface area contributed by atoms with Crippen molar-refractivity contribution in [1.29, 1.82) is 0 Å². The summed E-state index contributed by atoms with van der Waals surface area (Å²) < 4.78 is 0. The predicted molar refractivity (Wildman–Crippen MR) is 91.1 cm³/mol. The van der Waals surface area contributed by atoms with Crippen LogP contribution in [-0.2, 0) is 0 Å². The van der Waals surface area contributed by atoms with E-state index in [9.17, 15) is 0 Å². The Morgan fingerprint density at radius 1 is 1.29 bits per heavy atom. The first-order valence-electron chi connectivity index (χ1n) is 7.05. The lowest BCUT2D eigenvalue weighted by atomic mass is 10.1. The lowest BCUT2D eigenvalue weighted by Gasteiger charge is -2.00. The number of nitrogens with one attached hydrogen (secondary N) is 3. The van der Waals surface area contributed by atoms with Gasteiger partial charge in [-0.15, -0.1) is 0 Å². The maximum absolute atomic E-state index is 4.32. The van der Waals surface area contributed by atoms with Crippen molar-refractivity contribution in [2.24, 2.45) is 5.10 Å². The molecule has 0 fully saturated rings. The molecule has 1 aliphatic heterocycles. The first-order valence-corrected chi connectivity index (χ1v) is 7.05. The fraction of sp³-hybridized carbons (Fsp3) is 0.235. The first kappa shape index (κ1) is 14.9. The summed E-state index contributed by atoms with van der Waals surface area (Å²) in [5.74, 6) is 0. The van der Waals surface area contributed by atoms with E-state index in [2.05, 4.69) is 51.5 Å². The number of hydrazone groups is 1. The maximum atomic E-state index is 4.32. The van der Waals surface area contributed by atoms with Crippen molar-refractivity contribution in [2.45, 2.75) is 13.3 Å². The van der Waals surface area contributed by atoms with Gasteiger partial charge in [0.1, 0.15) is 0 Å². The summed E-state index contributed by atoms with van der Waals surface area (Å²) in [6, 6.07) is 8.27. The van der Waals surface area contributed by atoms with E-state index >= 15 is 0 Å². The van der Waals surface area contributed by atoms with Gasteiger partial charge in [-0.2, -0.15) is 5.10 Å². The normalized spacial score (nSPS) is 17.0. The summed E-state index contributed by atoms with van der Waals surface area (Å²) in [7, 11) is 3.84. The third-order valence-corrected chi connectivity index (χ3v) is 3.29. The summed E-state index contributed by atoms with van der Waals surface area (Å²) in [4.78, 5) is 0. The van der Waals surface area contributed by atoms with Gasteiger partial charge in [-0.25, -0.2) is 0 Å². The molecule has 1 heterocycles. The minimum Gasteiger partial charge on any atom is -0.392 e. The molecule has 21 heavy (non-hydrogen) atoms. The molecule has 0 saturated carbocycles. The number of rotatable bonds is 5. The highest BCUT2D eigenvalue weighted by molar-refractivity contribution is 6.00. The van der Waals surface area contributed by atoms with Gasteiger partial charge in [0.2, 0.25) is 0 Å². The van der Waals surface area contributed by atoms with Gasteiger partial charge in [0.15, 0.2) is 0 Å². The molecule has 0 radical (unpaired) electrons. The molecule has 0 aliphatic carbocycles. The Balaban J connectivity index is 1.97. The minimum absolute atomic E-state index is 0.829. The second-order valence-electron chi connectivity index (χ2n) is 4.89. The first-order chi connectivity index (χ1) is 10.2. The number of anilines is 1. The van der Waals surface area contributed by atoms with Gasteiger partial charge in [-0.3, -0.25) is 5.43 Å². The van der Waals surface area contributed by atoms with Crippen LogP contribution in [0.2, 0.25) is 0 Å². The molecule has 0 bridgehead atoms. The van der Waals surface area contributed by atoms with Crippen LogP contribution in [0.15, 0.2) is 59.0 Å². The second-order valence-corrected chi connectivity index (χ2v) is 4.89. The van der Waals surface area contributed by atoms with Crippen LogP contribution in [0.25, 0.3) is 6.08 Å². The number of benzene rings is 1. The van der Waals surface area contributed by atoms with Crippen molar-refractivity contribution >= 4 is 17.5 Å². The molecule has 110 valence electrons. The molecule has 1 aromatic rings. The molecule has 0 spiro atoms. The van der Waals surface area contributed by atoms with Gasteiger partial charge in [-0.05, 0) is 42.8 Å². The Labute approximate surface area is 126 Å². The Morgan fingerprint density at radius 3 is 2.90 bits per heavy atom. The van der Waals surface area contributed by atoms with Crippen LogP contribution in [0, 0.1) is 0 Å². The van der Waals surface area contributed by atoms with Crippen molar-refractivity contribution in [3.05, 3.63) is 59.5 Å². The zero-order valence-electron chi connectivity index (χ0n) is 12.8. The molecule has 4 heteroatoms. The SMILES string of the molecule is CN/C(C)=C/C=C1\CC(/C=C/c2cccc(NC)c2)=NN1. The quantitative estimate of drug-likeness (QED) is 0.778. The van der Waals surface area contributed by atoms with Gasteiger partial charge in [0, 0.05) is 37.6 Å². The summed E-state index contributed by atoms with van der Waals surface area (Å²) in [5.41, 5.74) is 8.59. The summed E-state index contributed by atoms with van der Waals surface area (Å²) in [6.07, 6.45) is 9.06. The lowest BCUT2D eigenvalue weighted by Crippen LogP contribution is -2.01. The number of allylic oxidation sites excluding steroid dienone is 5. The molecule has 0 atom stereocenters. The molecule has 0 saturated heterocycles. The second kappa shape index (κ2) is 7.33. The highest BCUT2D eigenvalue weighted by atomic mass is 15.3. The van der Waals surface area contributed by atoms with Crippen molar-refractivity contribution in [3.63, 3.8) is 0 Å². The molecule has 1 aliphatic rings. The van der Waals surface area contributed by atoms with E-state index < -0.39 is 0 Å². The van der Waals surface area contributed by atoms with Gasteiger partial charge in [0.05, 0.1) is 5.71 Å². The van der Waals surface area contributed by atoms with E-state index in [1.165, 1.54) is 0 Å². The Bertz CT molecular complexity index is 609. The molecule has 3 N–H and O–H groups in total. The Hall–Kier alpha value is -2.49. The number of hydrogen-bond donors (Lipinski definition) is 3. The molecule has 4 nitrogen and oxygen atoms in total. The monoisotopic (exact) mass is 282 g/mol. The van der Waals surface area contributed by atoms with Crippen LogP contribution < -0.4 is 16.1 Å². The lowest BCUT2D eigenvalue weighted by molar-refractivity contribution is 0.921. The van der Waals surface area contributed by atoms with Crippen molar-refractivity contribution in [1.82, 2.24) is 10.7 Å². The molecule has 2 rings (SSSR count). The number of hydrogen-bond acceptors (Lipinski definition) is 4. The molecule has 0 unspecified atom stereocenters. The van der Waals surface area contributed by atoms with E-state index in [1.54, 1.807) is 0 Å². The summed E-state index contributed by atoms with van der Waals surface area (Å²) >= 11 is 0. The highest BCUT2D eigenvalue weighted by Gasteiger charge is 2.07. The van der Waals surface area contributed by atoms with E-state index in [4.69, 9.17) is 0 Å². The average molecular weight is 282 g/mol. The zero-order valence-corrected chi connectivity index (χ0v) is 12.8. The summed E-state index contributed by atoms with van der Waals surface area (Å²) in [5, 5.41) is 10.6. The van der Waals surface area contributed by atoms with Crippen LogP contribution >= 0.6 is 0 Å². The highest BCUT2D eigenvalue weighted by Crippen LogP contribution is 2.13. The van der Waals surface area contributed by atoms with Crippen molar-refractivity contribution < 1.29 is 0 Å². The zero-order chi connectivity index (χ0) is 15.1. The van der Waals surface area contributed by atoms with Gasteiger partial charge in [0.25, 0.3) is 0 Å². The largest absolute Gasteiger partial charge is 0.392 e. The van der Waals surface area contributed by atoms with E-state index in [-0.39, 0.29) is 0 Å². The molecular formula is C17H22N4. The molecule has 0 amide bonds. The van der Waals surface area contributed by atoms with Crippen LogP contribution in [0.4, 0.5) is 5.69 Å². The van der Waals surface area contributed by atoms with E-state index in [0.717, 1.165) is 34.8 Å². The van der Waals surface area contributed by atoms with Gasteiger partial charge < -0.3 is 10.6 Å². The summed E-state index contributed by atoms with van der Waals surface area (Å²) in [6.45, 7) is 2.03. The fourth-order valence-electron chi connectivity index (χ4n) is 1.91. The Morgan fingerprint density at radius 2 is 2.14 bits per heavy atom. The average Bonchev–Trinajstić information content (AvgIpc) is 2.98. The minimum atomic E-state index is 0.829. The molecule has 1 aromatic carbocycles. The van der Waals surface area contributed by atoms with E-state index in [0.29, 0.717) is 0 Å². The maximum Gasteiger partial charge on any atom is 0.0666 e. The standard InChI is InChI=1S/C17H22N4/c1-13(18-2)7-9-16-12-17(21-20-16)10-8-14-5-4-6-15(11-14)19-3/h4-11,18-20H,12H2,1-3H3/b10-8+,13-7+,16-9+. The topological polar surface area (TPSA) is 48.5 Å². The van der Waals surface area contributed by atoms with E-state index in [1.807, 2.05) is 39.2 Å². The number of nitrogens with zero attached hydrogens (tertiary/aromatic N) is 1. The predicted octanol–water partition coefficient (Wildman–Crippen LogP) is 3.10. The molecule has 0 aromatic heterocycles. The van der Waals surface area contributed by atoms with Crippen LogP contribution in [0.3, 0.4) is 0 Å². The third kappa shape index (κ3) is 4.53. The van der Waals surface area contributed by atoms with Crippen LogP contribution in [0.5, 0.6) is 0 Å². The van der Waals surface area contributed by atoms with Crippen molar-refractivity contribution in [2.75, 3.05) is 19.4 Å². The van der Waals surface area contributed by atoms with Crippen molar-refractivity contribution in [3.8, 4) is 0 Å². The Kier molecular flexibility index (Phi) is 5.21. The van der Waals surface area contributed by atoms with Crippen LogP contribution in [-0.4, -0.2) is 19.8 Å². The smallest absolute Gasteiger partial charge is 0.0666 e. The molecular weight excluding hydrogens is 260 g/mol. The van der Waals surface area contributed by atoms with Gasteiger partial charge >= 0.3 is 0 Å². The van der Waals surface area contributed by atoms with Crippen LogP contribution in [0.1, 0.15) is 18.9 Å². The third-order valence-electron chi connectivity index (χ3n) is 3.29. The fourth-order valence-corrected chi connectivity index (χ4v) is 1.91. The van der Waals surface area contributed by atoms with Gasteiger partial charge in [-0.1, -0.05) is 18.2 Å².